The third kappa shape index (κ3) is 5.06. The van der Waals surface area contributed by atoms with Crippen LogP contribution in [-0.2, 0) is 22.6 Å². The minimum Gasteiger partial charge on any atom is -0.384 e. The SMILES string of the molecule is COCC1(C(=O)NCc2ccc(Cn3cccn3)cc2)CCNCC1.Cl. The smallest absolute Gasteiger partial charge is 0.228 e. The van der Waals surface area contributed by atoms with Crippen LogP contribution in [0.15, 0.2) is 42.7 Å². The Hall–Kier alpha value is -1.89. The molecule has 142 valence electrons. The molecule has 1 fully saturated rings. The first-order valence-electron chi connectivity index (χ1n) is 8.75. The van der Waals surface area contributed by atoms with Gasteiger partial charge in [-0.05, 0) is 43.1 Å². The van der Waals surface area contributed by atoms with Crippen molar-refractivity contribution in [3.05, 3.63) is 53.9 Å². The Balaban J connectivity index is 0.00000243. The van der Waals surface area contributed by atoms with E-state index in [9.17, 15) is 4.79 Å². The van der Waals surface area contributed by atoms with E-state index in [1.165, 1.54) is 5.56 Å². The number of amides is 1. The van der Waals surface area contributed by atoms with Gasteiger partial charge in [-0.1, -0.05) is 24.3 Å². The number of ether oxygens (including phenoxy) is 1. The third-order valence-corrected chi connectivity index (χ3v) is 4.84. The predicted molar refractivity (Wildman–Crippen MR) is 103 cm³/mol. The maximum Gasteiger partial charge on any atom is 0.228 e. The van der Waals surface area contributed by atoms with Crippen molar-refractivity contribution >= 4 is 18.3 Å². The van der Waals surface area contributed by atoms with Crippen molar-refractivity contribution in [1.82, 2.24) is 20.4 Å². The molecule has 1 amide bonds. The van der Waals surface area contributed by atoms with Gasteiger partial charge in [-0.15, -0.1) is 12.4 Å². The fourth-order valence-corrected chi connectivity index (χ4v) is 3.33. The normalized spacial score (nSPS) is 15.9. The van der Waals surface area contributed by atoms with Gasteiger partial charge in [0.1, 0.15) is 0 Å². The number of hydrogen-bond donors (Lipinski definition) is 2. The average molecular weight is 379 g/mol. The maximum absolute atomic E-state index is 12.7. The van der Waals surface area contributed by atoms with E-state index in [1.807, 2.05) is 16.9 Å². The van der Waals surface area contributed by atoms with Gasteiger partial charge in [0.15, 0.2) is 0 Å². The summed E-state index contributed by atoms with van der Waals surface area (Å²) in [5.74, 6) is 0.0940. The third-order valence-electron chi connectivity index (χ3n) is 4.84. The summed E-state index contributed by atoms with van der Waals surface area (Å²) in [6, 6.07) is 10.2. The molecule has 2 heterocycles. The predicted octanol–water partition coefficient (Wildman–Crippen LogP) is 1.99. The molecule has 0 spiro atoms. The Morgan fingerprint density at radius 2 is 1.96 bits per heavy atom. The molecule has 0 aliphatic carbocycles. The van der Waals surface area contributed by atoms with Crippen molar-refractivity contribution in [3.8, 4) is 0 Å². The van der Waals surface area contributed by atoms with Crippen LogP contribution in [0, 0.1) is 5.41 Å². The maximum atomic E-state index is 12.7. The molecule has 1 aromatic carbocycles. The Morgan fingerprint density at radius 1 is 1.27 bits per heavy atom. The minimum atomic E-state index is -0.403. The number of halogens is 1. The molecule has 26 heavy (non-hydrogen) atoms. The van der Waals surface area contributed by atoms with Crippen LogP contribution in [0.1, 0.15) is 24.0 Å². The zero-order valence-electron chi connectivity index (χ0n) is 15.1. The fourth-order valence-electron chi connectivity index (χ4n) is 3.33. The quantitative estimate of drug-likeness (QED) is 0.773. The number of hydrogen-bond acceptors (Lipinski definition) is 4. The molecular formula is C19H27ClN4O2. The summed E-state index contributed by atoms with van der Waals surface area (Å²) in [5.41, 5.74) is 1.88. The number of aromatic nitrogens is 2. The van der Waals surface area contributed by atoms with Crippen LogP contribution in [0.2, 0.25) is 0 Å². The fraction of sp³-hybridized carbons (Fsp3) is 0.474. The van der Waals surface area contributed by atoms with Crippen LogP contribution in [0.4, 0.5) is 0 Å². The zero-order valence-corrected chi connectivity index (χ0v) is 15.9. The second-order valence-corrected chi connectivity index (χ2v) is 6.67. The Kier molecular flexibility index (Phi) is 7.63. The number of piperidine rings is 1. The van der Waals surface area contributed by atoms with Gasteiger partial charge >= 0.3 is 0 Å². The van der Waals surface area contributed by atoms with Gasteiger partial charge in [0.25, 0.3) is 0 Å². The molecule has 3 rings (SSSR count). The largest absolute Gasteiger partial charge is 0.384 e. The van der Waals surface area contributed by atoms with Crippen molar-refractivity contribution < 1.29 is 9.53 Å². The lowest BCUT2D eigenvalue weighted by atomic mass is 9.78. The molecule has 1 aromatic heterocycles. The number of nitrogens with zero attached hydrogens (tertiary/aromatic N) is 2. The Bertz CT molecular complexity index is 662. The number of carbonyl (C=O) groups excluding carboxylic acids is 1. The molecule has 1 aliphatic heterocycles. The van der Waals surface area contributed by atoms with Gasteiger partial charge in [-0.3, -0.25) is 9.48 Å². The minimum absolute atomic E-state index is 0. The van der Waals surface area contributed by atoms with Gasteiger partial charge < -0.3 is 15.4 Å². The topological polar surface area (TPSA) is 68.2 Å². The Morgan fingerprint density at radius 3 is 2.58 bits per heavy atom. The van der Waals surface area contributed by atoms with Gasteiger partial charge in [-0.25, -0.2) is 0 Å². The number of rotatable bonds is 7. The second-order valence-electron chi connectivity index (χ2n) is 6.67. The van der Waals surface area contributed by atoms with Crippen molar-refractivity contribution in [2.24, 2.45) is 5.41 Å². The summed E-state index contributed by atoms with van der Waals surface area (Å²) in [6.07, 6.45) is 5.36. The van der Waals surface area contributed by atoms with Crippen molar-refractivity contribution in [2.45, 2.75) is 25.9 Å². The first-order chi connectivity index (χ1) is 12.2. The van der Waals surface area contributed by atoms with Crippen LogP contribution in [0.3, 0.4) is 0 Å². The highest BCUT2D eigenvalue weighted by atomic mass is 35.5. The monoisotopic (exact) mass is 378 g/mol. The van der Waals surface area contributed by atoms with Crippen LogP contribution in [0.25, 0.3) is 0 Å². The van der Waals surface area contributed by atoms with Gasteiger partial charge in [0, 0.05) is 26.0 Å². The molecule has 1 saturated heterocycles. The summed E-state index contributed by atoms with van der Waals surface area (Å²) in [6.45, 7) is 3.49. The van der Waals surface area contributed by atoms with E-state index in [0.717, 1.165) is 38.0 Å². The summed E-state index contributed by atoms with van der Waals surface area (Å²) in [5, 5.41) is 10.6. The van der Waals surface area contributed by atoms with E-state index in [4.69, 9.17) is 4.74 Å². The molecule has 0 atom stereocenters. The molecule has 0 unspecified atom stereocenters. The molecular weight excluding hydrogens is 352 g/mol. The van der Waals surface area contributed by atoms with E-state index >= 15 is 0 Å². The lowest BCUT2D eigenvalue weighted by Gasteiger charge is -2.35. The summed E-state index contributed by atoms with van der Waals surface area (Å²) >= 11 is 0. The van der Waals surface area contributed by atoms with Gasteiger partial charge in [-0.2, -0.15) is 5.10 Å². The summed E-state index contributed by atoms with van der Waals surface area (Å²) in [4.78, 5) is 12.7. The van der Waals surface area contributed by atoms with Crippen LogP contribution in [0.5, 0.6) is 0 Å². The number of carbonyl (C=O) groups is 1. The first-order valence-corrected chi connectivity index (χ1v) is 8.75. The molecule has 0 radical (unpaired) electrons. The van der Waals surface area contributed by atoms with E-state index in [2.05, 4.69) is 40.0 Å². The first kappa shape index (κ1) is 20.4. The van der Waals surface area contributed by atoms with Crippen molar-refractivity contribution in [1.29, 1.82) is 0 Å². The van der Waals surface area contributed by atoms with E-state index in [0.29, 0.717) is 13.2 Å². The van der Waals surface area contributed by atoms with Crippen molar-refractivity contribution in [3.63, 3.8) is 0 Å². The summed E-state index contributed by atoms with van der Waals surface area (Å²) < 4.78 is 7.22. The van der Waals surface area contributed by atoms with Crippen LogP contribution < -0.4 is 10.6 Å². The zero-order chi connectivity index (χ0) is 17.5. The molecule has 6 nitrogen and oxygen atoms in total. The molecule has 0 bridgehead atoms. The number of nitrogens with one attached hydrogen (secondary N) is 2. The van der Waals surface area contributed by atoms with E-state index < -0.39 is 5.41 Å². The molecule has 7 heteroatoms. The standard InChI is InChI=1S/C19H26N4O2.ClH/c1-25-15-19(7-10-20-11-8-19)18(24)21-13-16-3-5-17(6-4-16)14-23-12-2-9-22-23;/h2-6,9,12,20H,7-8,10-11,13-15H2,1H3,(H,21,24);1H. The molecule has 1 aliphatic rings. The van der Waals surface area contributed by atoms with Crippen LogP contribution in [-0.4, -0.2) is 42.5 Å². The molecule has 2 N–H and O–H groups in total. The van der Waals surface area contributed by atoms with Crippen molar-refractivity contribution in [2.75, 3.05) is 26.8 Å². The van der Waals surface area contributed by atoms with Crippen LogP contribution >= 0.6 is 12.4 Å². The van der Waals surface area contributed by atoms with E-state index in [-0.39, 0.29) is 18.3 Å². The number of benzene rings is 1. The highest BCUT2D eigenvalue weighted by Gasteiger charge is 2.39. The molecule has 0 saturated carbocycles. The average Bonchev–Trinajstić information content (AvgIpc) is 3.15. The highest BCUT2D eigenvalue weighted by molar-refractivity contribution is 5.85. The number of methoxy groups -OCH3 is 1. The Labute approximate surface area is 160 Å². The highest BCUT2D eigenvalue weighted by Crippen LogP contribution is 2.29. The van der Waals surface area contributed by atoms with Gasteiger partial charge in [0.05, 0.1) is 18.6 Å². The summed E-state index contributed by atoms with van der Waals surface area (Å²) in [7, 11) is 1.66. The van der Waals surface area contributed by atoms with E-state index in [1.54, 1.807) is 13.3 Å². The van der Waals surface area contributed by atoms with Gasteiger partial charge in [0.2, 0.25) is 5.91 Å². The lowest BCUT2D eigenvalue weighted by molar-refractivity contribution is -0.136. The molecule has 2 aromatic rings. The lowest BCUT2D eigenvalue weighted by Crippen LogP contribution is -2.49. The second kappa shape index (κ2) is 9.71.